The predicted octanol–water partition coefficient (Wildman–Crippen LogP) is 3.40. The smallest absolute Gasteiger partial charge is 0.319 e. The van der Waals surface area contributed by atoms with Crippen molar-refractivity contribution >= 4 is 34.0 Å². The number of hydrogen-bond acceptors (Lipinski definition) is 3. The van der Waals surface area contributed by atoms with E-state index in [1.165, 1.54) is 0 Å². The molecule has 1 heterocycles. The van der Waals surface area contributed by atoms with Crippen molar-refractivity contribution in [3.05, 3.63) is 28.8 Å². The van der Waals surface area contributed by atoms with E-state index in [0.717, 1.165) is 29.0 Å². The predicted molar refractivity (Wildman–Crippen MR) is 89.1 cm³/mol. The van der Waals surface area contributed by atoms with E-state index in [-0.39, 0.29) is 25.5 Å². The third kappa shape index (κ3) is 4.54. The second-order valence-corrected chi connectivity index (χ2v) is 7.80. The summed E-state index contributed by atoms with van der Waals surface area (Å²) >= 11 is 5.80. The van der Waals surface area contributed by atoms with Crippen LogP contribution in [0, 0.1) is 5.92 Å². The number of sulfonamides is 1. The zero-order valence-electron chi connectivity index (χ0n) is 12.9. The molecule has 1 aromatic rings. The first-order valence-corrected chi connectivity index (χ1v) is 9.00. The van der Waals surface area contributed by atoms with E-state index in [1.54, 1.807) is 0 Å². The van der Waals surface area contributed by atoms with Gasteiger partial charge in [0.15, 0.2) is 0 Å². The maximum atomic E-state index is 13.1. The molecule has 4 nitrogen and oxygen atoms in total. The van der Waals surface area contributed by atoms with E-state index >= 15 is 0 Å². The normalized spacial score (nSPS) is 17.5. The molecule has 0 saturated carbocycles. The second kappa shape index (κ2) is 8.23. The van der Waals surface area contributed by atoms with Crippen molar-refractivity contribution in [3.8, 4) is 0 Å². The van der Waals surface area contributed by atoms with Crippen LogP contribution in [0.3, 0.4) is 0 Å². The zero-order chi connectivity index (χ0) is 17.3. The lowest BCUT2D eigenvalue weighted by Crippen LogP contribution is -2.41. The topological polar surface area (TPSA) is 49.4 Å². The first-order chi connectivity index (χ1) is 10.7. The van der Waals surface area contributed by atoms with Crippen LogP contribution in [0.25, 0.3) is 0 Å². The molecule has 10 heteroatoms. The third-order valence-electron chi connectivity index (χ3n) is 3.94. The van der Waals surface area contributed by atoms with Crippen molar-refractivity contribution in [2.75, 3.05) is 26.7 Å². The maximum absolute atomic E-state index is 13.1. The molecule has 0 aromatic heterocycles. The molecule has 2 rings (SSSR count). The van der Waals surface area contributed by atoms with E-state index < -0.39 is 31.7 Å². The highest BCUT2D eigenvalue weighted by molar-refractivity contribution is 7.89. The van der Waals surface area contributed by atoms with Gasteiger partial charge in [0.25, 0.3) is 0 Å². The van der Waals surface area contributed by atoms with Crippen molar-refractivity contribution < 1.29 is 21.6 Å². The Hall–Kier alpha value is -0.540. The van der Waals surface area contributed by atoms with Crippen LogP contribution in [0.2, 0.25) is 5.02 Å². The molecule has 1 saturated heterocycles. The Kier molecular flexibility index (Phi) is 7.37. The van der Waals surface area contributed by atoms with E-state index in [0.29, 0.717) is 18.8 Å². The maximum Gasteiger partial charge on any atom is 0.417 e. The van der Waals surface area contributed by atoms with Gasteiger partial charge in [0.05, 0.1) is 10.6 Å². The van der Waals surface area contributed by atoms with Gasteiger partial charge in [-0.05, 0) is 44.5 Å². The molecule has 1 aromatic carbocycles. The van der Waals surface area contributed by atoms with Crippen LogP contribution in [0.4, 0.5) is 13.2 Å². The van der Waals surface area contributed by atoms with Gasteiger partial charge in [-0.1, -0.05) is 17.7 Å². The minimum atomic E-state index is -4.78. The van der Waals surface area contributed by atoms with Gasteiger partial charge in [0.2, 0.25) is 10.0 Å². The van der Waals surface area contributed by atoms with Gasteiger partial charge >= 0.3 is 6.18 Å². The van der Waals surface area contributed by atoms with Crippen LogP contribution in [0.15, 0.2) is 23.1 Å². The summed E-state index contributed by atoms with van der Waals surface area (Å²) in [6.45, 7) is 1.14. The molecule has 0 bridgehead atoms. The number of alkyl halides is 3. The van der Waals surface area contributed by atoms with Gasteiger partial charge in [-0.15, -0.1) is 12.4 Å². The van der Waals surface area contributed by atoms with Gasteiger partial charge in [0.1, 0.15) is 4.90 Å². The van der Waals surface area contributed by atoms with Gasteiger partial charge in [-0.25, -0.2) is 8.42 Å². The zero-order valence-corrected chi connectivity index (χ0v) is 15.3. The van der Waals surface area contributed by atoms with E-state index in [1.807, 2.05) is 7.05 Å². The largest absolute Gasteiger partial charge is 0.417 e. The average Bonchev–Trinajstić information content (AvgIpc) is 2.46. The van der Waals surface area contributed by atoms with Crippen LogP contribution in [0.5, 0.6) is 0 Å². The highest BCUT2D eigenvalue weighted by Crippen LogP contribution is 2.39. The van der Waals surface area contributed by atoms with Crippen LogP contribution in [-0.2, 0) is 16.2 Å². The van der Waals surface area contributed by atoms with Crippen molar-refractivity contribution in [1.29, 1.82) is 0 Å². The number of hydrogen-bond donors (Lipinski definition) is 1. The average molecular weight is 407 g/mol. The van der Waals surface area contributed by atoms with E-state index in [9.17, 15) is 21.6 Å². The number of halogens is 5. The lowest BCUT2D eigenvalue weighted by atomic mass is 9.98. The van der Waals surface area contributed by atoms with Crippen LogP contribution in [0.1, 0.15) is 18.4 Å². The molecule has 1 N–H and O–H groups in total. The summed E-state index contributed by atoms with van der Waals surface area (Å²) in [4.78, 5) is -0.846. The summed E-state index contributed by atoms with van der Waals surface area (Å²) in [5.74, 6) is 0.319. The van der Waals surface area contributed by atoms with Crippen molar-refractivity contribution in [2.24, 2.45) is 5.92 Å². The number of rotatable bonds is 4. The summed E-state index contributed by atoms with van der Waals surface area (Å²) in [6.07, 6.45) is -3.57. The summed E-state index contributed by atoms with van der Waals surface area (Å²) in [7, 11) is -2.48. The molecule has 0 amide bonds. The molecular weight excluding hydrogens is 388 g/mol. The summed E-state index contributed by atoms with van der Waals surface area (Å²) < 4.78 is 65.8. The fraction of sp³-hybridized carbons (Fsp3) is 0.571. The minimum absolute atomic E-state index is 0. The summed E-state index contributed by atoms with van der Waals surface area (Å²) in [6, 6.07) is 3.01. The van der Waals surface area contributed by atoms with Gasteiger partial charge in [0, 0.05) is 13.1 Å². The molecule has 0 atom stereocenters. The molecule has 1 fully saturated rings. The first kappa shape index (κ1) is 21.5. The number of nitrogens with zero attached hydrogens (tertiary/aromatic N) is 1. The van der Waals surface area contributed by atoms with Crippen LogP contribution in [-0.4, -0.2) is 39.4 Å². The first-order valence-electron chi connectivity index (χ1n) is 7.18. The van der Waals surface area contributed by atoms with E-state index in [2.05, 4.69) is 5.32 Å². The van der Waals surface area contributed by atoms with Crippen molar-refractivity contribution in [3.63, 3.8) is 0 Å². The van der Waals surface area contributed by atoms with Crippen LogP contribution < -0.4 is 5.32 Å². The second-order valence-electron chi connectivity index (χ2n) is 5.52. The van der Waals surface area contributed by atoms with Crippen molar-refractivity contribution in [2.45, 2.75) is 23.9 Å². The molecular formula is C14H19Cl2F3N2O2S. The molecule has 1 aliphatic heterocycles. The highest BCUT2D eigenvalue weighted by Gasteiger charge is 2.41. The molecule has 0 aliphatic carbocycles. The quantitative estimate of drug-likeness (QED) is 0.833. The third-order valence-corrected chi connectivity index (χ3v) is 6.36. The Morgan fingerprint density at radius 3 is 2.38 bits per heavy atom. The molecule has 24 heavy (non-hydrogen) atoms. The number of nitrogens with one attached hydrogen (secondary N) is 1. The summed E-state index contributed by atoms with van der Waals surface area (Å²) in [5, 5.41) is 2.62. The fourth-order valence-electron chi connectivity index (χ4n) is 2.77. The Bertz CT molecular complexity index is 660. The minimum Gasteiger partial charge on any atom is -0.319 e. The molecule has 0 spiro atoms. The molecule has 0 unspecified atom stereocenters. The molecule has 0 radical (unpaired) electrons. The van der Waals surface area contributed by atoms with Gasteiger partial charge in [-0.3, -0.25) is 0 Å². The number of benzene rings is 1. The molecule has 138 valence electrons. The standard InChI is InChI=1S/C14H18ClF3N2O2S.ClH/c1-19-9-10-5-7-20(8-6-10)23(21,22)13-11(14(16,17)18)3-2-4-12(13)15;/h2-4,10,19H,5-9H2,1H3;1H. The Morgan fingerprint density at radius 2 is 1.88 bits per heavy atom. The summed E-state index contributed by atoms with van der Waals surface area (Å²) in [5.41, 5.74) is -1.22. The molecule has 1 aliphatic rings. The Labute approximate surface area is 150 Å². The van der Waals surface area contributed by atoms with E-state index in [4.69, 9.17) is 11.6 Å². The van der Waals surface area contributed by atoms with Gasteiger partial charge in [-0.2, -0.15) is 17.5 Å². The lowest BCUT2D eigenvalue weighted by molar-refractivity contribution is -0.139. The lowest BCUT2D eigenvalue weighted by Gasteiger charge is -2.32. The monoisotopic (exact) mass is 406 g/mol. The Morgan fingerprint density at radius 1 is 1.29 bits per heavy atom. The van der Waals surface area contributed by atoms with Gasteiger partial charge < -0.3 is 5.32 Å². The van der Waals surface area contributed by atoms with Crippen LogP contribution >= 0.6 is 24.0 Å². The Balaban J connectivity index is 0.00000288. The van der Waals surface area contributed by atoms with Crippen molar-refractivity contribution in [1.82, 2.24) is 9.62 Å². The fourth-order valence-corrected chi connectivity index (χ4v) is 4.96. The SMILES string of the molecule is CNCC1CCN(S(=O)(=O)c2c(Cl)cccc2C(F)(F)F)CC1.Cl. The number of piperidine rings is 1. The highest BCUT2D eigenvalue weighted by atomic mass is 35.5.